The Morgan fingerprint density at radius 3 is 2.52 bits per heavy atom. The van der Waals surface area contributed by atoms with Crippen LogP contribution in [0.15, 0.2) is 77.9 Å². The van der Waals surface area contributed by atoms with Gasteiger partial charge in [0.25, 0.3) is 5.91 Å². The molecule has 33 heavy (non-hydrogen) atoms. The van der Waals surface area contributed by atoms with Crippen molar-refractivity contribution in [2.24, 2.45) is 5.10 Å². The molecule has 0 heterocycles. The van der Waals surface area contributed by atoms with Gasteiger partial charge in [0.15, 0.2) is 11.5 Å². The second-order valence-corrected chi connectivity index (χ2v) is 6.91. The fourth-order valence-electron chi connectivity index (χ4n) is 2.83. The molecule has 0 fully saturated rings. The Balaban J connectivity index is 1.51. The van der Waals surface area contributed by atoms with Crippen LogP contribution in [-0.2, 0) is 17.6 Å². The molecule has 3 rings (SSSR count). The van der Waals surface area contributed by atoms with Gasteiger partial charge in [0.05, 0.1) is 25.4 Å². The van der Waals surface area contributed by atoms with Crippen LogP contribution in [0.5, 0.6) is 11.5 Å². The molecule has 0 spiro atoms. The number of nitrogens with one attached hydrogen (secondary N) is 2. The molecule has 3 aromatic carbocycles. The average molecular weight is 457 g/mol. The summed E-state index contributed by atoms with van der Waals surface area (Å²) in [7, 11) is 1.52. The number of methoxy groups -OCH3 is 1. The fraction of sp³-hybridized carbons (Fsp3) is 0.167. The summed E-state index contributed by atoms with van der Waals surface area (Å²) < 4.78 is 49.4. The minimum atomic E-state index is -4.45. The van der Waals surface area contributed by atoms with E-state index in [1.165, 1.54) is 25.5 Å². The second kappa shape index (κ2) is 11.0. The van der Waals surface area contributed by atoms with Gasteiger partial charge in [0, 0.05) is 5.69 Å². The molecule has 0 aliphatic carbocycles. The van der Waals surface area contributed by atoms with Gasteiger partial charge in [-0.05, 0) is 47.5 Å². The predicted molar refractivity (Wildman–Crippen MR) is 119 cm³/mol. The molecule has 6 nitrogen and oxygen atoms in total. The summed E-state index contributed by atoms with van der Waals surface area (Å²) in [6, 6.07) is 19.5. The van der Waals surface area contributed by atoms with Gasteiger partial charge < -0.3 is 14.8 Å². The number of rotatable bonds is 9. The van der Waals surface area contributed by atoms with Gasteiger partial charge >= 0.3 is 6.18 Å². The lowest BCUT2D eigenvalue weighted by molar-refractivity contribution is -0.137. The first-order valence-corrected chi connectivity index (χ1v) is 9.93. The molecule has 0 aliphatic heterocycles. The van der Waals surface area contributed by atoms with Crippen LogP contribution < -0.4 is 20.2 Å². The Kier molecular flexibility index (Phi) is 7.91. The van der Waals surface area contributed by atoms with Crippen molar-refractivity contribution in [1.29, 1.82) is 0 Å². The van der Waals surface area contributed by atoms with E-state index in [9.17, 15) is 18.0 Å². The van der Waals surface area contributed by atoms with Gasteiger partial charge in [0.2, 0.25) is 0 Å². The quantitative estimate of drug-likeness (QED) is 0.356. The molecule has 0 aromatic heterocycles. The number of carbonyl (C=O) groups is 1. The van der Waals surface area contributed by atoms with Crippen LogP contribution in [0.25, 0.3) is 0 Å². The van der Waals surface area contributed by atoms with Crippen molar-refractivity contribution in [3.63, 3.8) is 0 Å². The van der Waals surface area contributed by atoms with Crippen LogP contribution in [0.1, 0.15) is 16.7 Å². The number of hydrogen-bond acceptors (Lipinski definition) is 5. The van der Waals surface area contributed by atoms with Crippen molar-refractivity contribution in [2.75, 3.05) is 19.0 Å². The molecule has 1 amide bonds. The largest absolute Gasteiger partial charge is 0.493 e. The van der Waals surface area contributed by atoms with Crippen LogP contribution in [-0.4, -0.2) is 25.8 Å². The molecule has 0 bridgehead atoms. The molecule has 172 valence electrons. The maximum atomic E-state index is 12.8. The highest BCUT2D eigenvalue weighted by Crippen LogP contribution is 2.30. The van der Waals surface area contributed by atoms with Crippen LogP contribution in [0.3, 0.4) is 0 Å². The van der Waals surface area contributed by atoms with E-state index in [1.807, 2.05) is 30.3 Å². The second-order valence-electron chi connectivity index (χ2n) is 6.91. The van der Waals surface area contributed by atoms with E-state index in [-0.39, 0.29) is 12.2 Å². The van der Waals surface area contributed by atoms with E-state index in [4.69, 9.17) is 9.47 Å². The average Bonchev–Trinajstić information content (AvgIpc) is 2.82. The van der Waals surface area contributed by atoms with Crippen molar-refractivity contribution in [3.8, 4) is 11.5 Å². The normalized spacial score (nSPS) is 11.3. The maximum absolute atomic E-state index is 12.8. The van der Waals surface area contributed by atoms with E-state index in [0.29, 0.717) is 23.7 Å². The number of amides is 1. The standard InChI is InChI=1S/C24H22F3N3O3/c1-32-22-12-18(10-11-21(22)33-16-17-6-3-2-4-7-17)14-29-30-23(31)15-28-20-9-5-8-19(13-20)24(25,26)27/h2-14,28H,15-16H2,1H3,(H,30,31). The van der Waals surface area contributed by atoms with E-state index in [1.54, 1.807) is 18.2 Å². The van der Waals surface area contributed by atoms with E-state index in [2.05, 4.69) is 15.8 Å². The number of alkyl halides is 3. The van der Waals surface area contributed by atoms with Crippen LogP contribution >= 0.6 is 0 Å². The number of carbonyl (C=O) groups excluding carboxylic acids is 1. The number of nitrogens with zero attached hydrogens (tertiary/aromatic N) is 1. The van der Waals surface area contributed by atoms with Crippen molar-refractivity contribution in [2.45, 2.75) is 12.8 Å². The Hall–Kier alpha value is -4.01. The maximum Gasteiger partial charge on any atom is 0.416 e. The summed E-state index contributed by atoms with van der Waals surface area (Å²) in [6.45, 7) is 0.147. The van der Waals surface area contributed by atoms with E-state index >= 15 is 0 Å². The first-order chi connectivity index (χ1) is 15.8. The predicted octanol–water partition coefficient (Wildman–Crippen LogP) is 4.86. The number of halogens is 3. The number of hydrazone groups is 1. The zero-order valence-electron chi connectivity index (χ0n) is 17.7. The summed E-state index contributed by atoms with van der Waals surface area (Å²) in [5.74, 6) is 0.554. The van der Waals surface area contributed by atoms with Crippen molar-refractivity contribution < 1.29 is 27.4 Å². The number of ether oxygens (including phenoxy) is 2. The van der Waals surface area contributed by atoms with Crippen molar-refractivity contribution in [3.05, 3.63) is 89.5 Å². The Morgan fingerprint density at radius 1 is 1.00 bits per heavy atom. The SMILES string of the molecule is COc1cc(C=NNC(=O)CNc2cccc(C(F)(F)F)c2)ccc1OCc1ccccc1. The number of hydrogen-bond donors (Lipinski definition) is 2. The highest BCUT2D eigenvalue weighted by Gasteiger charge is 2.30. The first kappa shape index (κ1) is 23.6. The molecular weight excluding hydrogens is 435 g/mol. The van der Waals surface area contributed by atoms with Crippen LogP contribution in [0.4, 0.5) is 18.9 Å². The molecule has 0 saturated carbocycles. The highest BCUT2D eigenvalue weighted by atomic mass is 19.4. The van der Waals surface area contributed by atoms with E-state index in [0.717, 1.165) is 17.7 Å². The van der Waals surface area contributed by atoms with Gasteiger partial charge in [-0.3, -0.25) is 4.79 Å². The Labute approximate surface area is 189 Å². The molecule has 0 aliphatic rings. The highest BCUT2D eigenvalue weighted by molar-refractivity contribution is 5.84. The summed E-state index contributed by atoms with van der Waals surface area (Å²) in [5, 5.41) is 6.50. The summed E-state index contributed by atoms with van der Waals surface area (Å²) in [6.07, 6.45) is -3.03. The smallest absolute Gasteiger partial charge is 0.416 e. The summed E-state index contributed by atoms with van der Waals surface area (Å²) >= 11 is 0. The fourth-order valence-corrected chi connectivity index (χ4v) is 2.83. The lowest BCUT2D eigenvalue weighted by Crippen LogP contribution is -2.26. The third-order valence-electron chi connectivity index (χ3n) is 4.47. The molecule has 0 atom stereocenters. The minimum Gasteiger partial charge on any atom is -0.493 e. The van der Waals surface area contributed by atoms with Gasteiger partial charge in [-0.2, -0.15) is 18.3 Å². The minimum absolute atomic E-state index is 0.180. The molecule has 0 radical (unpaired) electrons. The summed E-state index contributed by atoms with van der Waals surface area (Å²) in [4.78, 5) is 11.9. The van der Waals surface area contributed by atoms with Gasteiger partial charge in [-0.15, -0.1) is 0 Å². The zero-order valence-corrected chi connectivity index (χ0v) is 17.7. The Bertz CT molecular complexity index is 1100. The van der Waals surface area contributed by atoms with Gasteiger partial charge in [-0.1, -0.05) is 36.4 Å². The van der Waals surface area contributed by atoms with Gasteiger partial charge in [-0.25, -0.2) is 5.43 Å². The van der Waals surface area contributed by atoms with Crippen LogP contribution in [0, 0.1) is 0 Å². The molecule has 3 aromatic rings. The third kappa shape index (κ3) is 7.27. The van der Waals surface area contributed by atoms with Crippen molar-refractivity contribution >= 4 is 17.8 Å². The monoisotopic (exact) mass is 457 g/mol. The molecule has 0 unspecified atom stereocenters. The lowest BCUT2D eigenvalue weighted by atomic mass is 10.2. The molecule has 0 saturated heterocycles. The third-order valence-corrected chi connectivity index (χ3v) is 4.47. The number of anilines is 1. The lowest BCUT2D eigenvalue weighted by Gasteiger charge is -2.11. The van der Waals surface area contributed by atoms with E-state index < -0.39 is 17.6 Å². The molecule has 9 heteroatoms. The molecular formula is C24H22F3N3O3. The topological polar surface area (TPSA) is 72.0 Å². The zero-order chi connectivity index (χ0) is 23.7. The van der Waals surface area contributed by atoms with Crippen LogP contribution in [0.2, 0.25) is 0 Å². The first-order valence-electron chi connectivity index (χ1n) is 9.93. The van der Waals surface area contributed by atoms with Gasteiger partial charge in [0.1, 0.15) is 6.61 Å². The Morgan fingerprint density at radius 2 is 1.79 bits per heavy atom. The molecule has 2 N–H and O–H groups in total. The summed E-state index contributed by atoms with van der Waals surface area (Å²) in [5.41, 5.74) is 3.38. The van der Waals surface area contributed by atoms with Crippen molar-refractivity contribution in [1.82, 2.24) is 5.43 Å². The number of benzene rings is 3.